The van der Waals surface area contributed by atoms with Crippen LogP contribution in [0.5, 0.6) is 0 Å². The highest BCUT2D eigenvalue weighted by molar-refractivity contribution is 9.10. The number of halogens is 1. The molecule has 5 aromatic rings. The summed E-state index contributed by atoms with van der Waals surface area (Å²) in [6, 6.07) is 22.9. The van der Waals surface area contributed by atoms with E-state index < -0.39 is 29.3 Å². The number of nitrogens with two attached hydrogens (primary N) is 1. The molecule has 14 heteroatoms. The number of para-hydroxylation sites is 3. The van der Waals surface area contributed by atoms with Gasteiger partial charge in [0.15, 0.2) is 0 Å². The van der Waals surface area contributed by atoms with Gasteiger partial charge in [-0.25, -0.2) is 14.6 Å². The van der Waals surface area contributed by atoms with Crippen LogP contribution in [0.3, 0.4) is 0 Å². The molecule has 0 unspecified atom stereocenters. The molecule has 3 heterocycles. The minimum Gasteiger partial charge on any atom is -0.444 e. The van der Waals surface area contributed by atoms with Crippen molar-refractivity contribution in [1.82, 2.24) is 15.0 Å². The molecule has 5 N–H and O–H groups in total. The SMILES string of the molecule is CC(C)(C)OC(=O)Nc1ccccc1-c1cc(Br)cnc1C(N)=O.CC(C)(C)OC(=O)Nc1ccccc1NC(=O)c1ccc(-c2cccnc2)cn1. The zero-order chi connectivity index (χ0) is 38.8. The minimum absolute atomic E-state index is 0.122. The summed E-state index contributed by atoms with van der Waals surface area (Å²) in [5, 5.41) is 8.12. The second-order valence-corrected chi connectivity index (χ2v) is 14.3. The molecule has 0 aliphatic heterocycles. The molecule has 3 aromatic heterocycles. The Kier molecular flexibility index (Phi) is 13.0. The van der Waals surface area contributed by atoms with Gasteiger partial charge in [-0.1, -0.05) is 42.5 Å². The normalized spacial score (nSPS) is 10.9. The molecule has 13 nitrogen and oxygen atoms in total. The number of benzene rings is 2. The van der Waals surface area contributed by atoms with Crippen LogP contribution in [-0.2, 0) is 9.47 Å². The second-order valence-electron chi connectivity index (χ2n) is 13.4. The van der Waals surface area contributed by atoms with Crippen molar-refractivity contribution in [3.05, 3.63) is 120 Å². The first-order chi connectivity index (χ1) is 25.0. The highest BCUT2D eigenvalue weighted by Crippen LogP contribution is 2.32. The zero-order valence-electron chi connectivity index (χ0n) is 30.1. The molecule has 5 rings (SSSR count). The second kappa shape index (κ2) is 17.4. The number of carbonyl (C=O) groups excluding carboxylic acids is 4. The smallest absolute Gasteiger partial charge is 0.412 e. The van der Waals surface area contributed by atoms with Crippen molar-refractivity contribution in [2.45, 2.75) is 52.7 Å². The van der Waals surface area contributed by atoms with Crippen molar-refractivity contribution >= 4 is 57.0 Å². The van der Waals surface area contributed by atoms with E-state index in [1.807, 2.05) is 18.2 Å². The maximum atomic E-state index is 12.6. The summed E-state index contributed by atoms with van der Waals surface area (Å²) >= 11 is 3.33. The Morgan fingerprint density at radius 2 is 1.21 bits per heavy atom. The molecule has 0 atom stereocenters. The lowest BCUT2D eigenvalue weighted by Gasteiger charge is -2.20. The fourth-order valence-corrected chi connectivity index (χ4v) is 4.95. The Hall–Kier alpha value is -6.15. The number of anilines is 3. The predicted octanol–water partition coefficient (Wildman–Crippen LogP) is 8.70. The van der Waals surface area contributed by atoms with Crippen LogP contribution in [0.1, 0.15) is 62.5 Å². The summed E-state index contributed by atoms with van der Waals surface area (Å²) < 4.78 is 11.2. The molecule has 0 spiro atoms. The van der Waals surface area contributed by atoms with Gasteiger partial charge in [0.25, 0.3) is 11.8 Å². The van der Waals surface area contributed by atoms with Crippen molar-refractivity contribution in [3.8, 4) is 22.3 Å². The largest absolute Gasteiger partial charge is 0.444 e. The number of amides is 4. The van der Waals surface area contributed by atoms with Crippen molar-refractivity contribution in [3.63, 3.8) is 0 Å². The number of pyridine rings is 3. The van der Waals surface area contributed by atoms with Gasteiger partial charge in [-0.05, 0) is 93.9 Å². The number of rotatable bonds is 7. The first-order valence-electron chi connectivity index (χ1n) is 16.3. The number of hydrogen-bond donors (Lipinski definition) is 4. The van der Waals surface area contributed by atoms with Crippen molar-refractivity contribution in [2.24, 2.45) is 5.73 Å². The van der Waals surface area contributed by atoms with Crippen LogP contribution < -0.4 is 21.7 Å². The van der Waals surface area contributed by atoms with Gasteiger partial charge < -0.3 is 20.5 Å². The number of hydrogen-bond acceptors (Lipinski definition) is 9. The zero-order valence-corrected chi connectivity index (χ0v) is 31.6. The third-order valence-corrected chi connectivity index (χ3v) is 7.18. The van der Waals surface area contributed by atoms with Gasteiger partial charge in [-0.15, -0.1) is 0 Å². The molecule has 0 fully saturated rings. The standard InChI is InChI=1S/C22H22N4O3.C17H18BrN3O3/c1-22(2,3)29-21(28)26-18-9-5-4-8-17(18)25-20(27)19-11-10-16(14-24-19)15-7-6-12-23-13-15;1-17(2,3)24-16(23)21-13-7-5-4-6-11(13)12-8-10(18)9-20-14(12)15(19)22/h4-14H,1-3H3,(H,25,27)(H,26,28);4-9H,1-3H3,(H2,19,22)(H,21,23). The van der Waals surface area contributed by atoms with E-state index in [9.17, 15) is 19.2 Å². The number of nitrogens with zero attached hydrogens (tertiary/aromatic N) is 3. The van der Waals surface area contributed by atoms with Crippen LogP contribution in [-0.4, -0.2) is 50.2 Å². The van der Waals surface area contributed by atoms with Gasteiger partial charge >= 0.3 is 12.2 Å². The van der Waals surface area contributed by atoms with Crippen molar-refractivity contribution < 1.29 is 28.7 Å². The van der Waals surface area contributed by atoms with E-state index in [2.05, 4.69) is 46.8 Å². The fraction of sp³-hybridized carbons (Fsp3) is 0.205. The lowest BCUT2D eigenvalue weighted by molar-refractivity contribution is 0.0624. The number of carbonyl (C=O) groups is 4. The summed E-state index contributed by atoms with van der Waals surface area (Å²) in [5.74, 6) is -1.04. The molecule has 2 aromatic carbocycles. The van der Waals surface area contributed by atoms with Crippen LogP contribution in [0.2, 0.25) is 0 Å². The molecule has 4 amide bonds. The van der Waals surface area contributed by atoms with E-state index in [0.717, 1.165) is 11.1 Å². The van der Waals surface area contributed by atoms with E-state index >= 15 is 0 Å². The Morgan fingerprint density at radius 1 is 0.642 bits per heavy atom. The van der Waals surface area contributed by atoms with Crippen LogP contribution in [0, 0.1) is 0 Å². The van der Waals surface area contributed by atoms with E-state index in [4.69, 9.17) is 15.2 Å². The van der Waals surface area contributed by atoms with E-state index in [-0.39, 0.29) is 17.3 Å². The quantitative estimate of drug-likeness (QED) is 0.125. The van der Waals surface area contributed by atoms with Gasteiger partial charge in [0, 0.05) is 51.5 Å². The summed E-state index contributed by atoms with van der Waals surface area (Å²) in [6.45, 7) is 10.7. The monoisotopic (exact) mass is 781 g/mol. The summed E-state index contributed by atoms with van der Waals surface area (Å²) in [4.78, 5) is 60.7. The molecular weight excluding hydrogens is 742 g/mol. The van der Waals surface area contributed by atoms with Crippen LogP contribution in [0.15, 0.2) is 108 Å². The number of aromatic nitrogens is 3. The third kappa shape index (κ3) is 12.2. The maximum Gasteiger partial charge on any atom is 0.412 e. The summed E-state index contributed by atoms with van der Waals surface area (Å²) in [6.07, 6.45) is 5.36. The molecular formula is C39H40BrN7O6. The lowest BCUT2D eigenvalue weighted by Crippen LogP contribution is -2.27. The van der Waals surface area contributed by atoms with Crippen LogP contribution >= 0.6 is 15.9 Å². The Labute approximate surface area is 315 Å². The third-order valence-electron chi connectivity index (χ3n) is 6.74. The average Bonchev–Trinajstić information content (AvgIpc) is 3.08. The van der Waals surface area contributed by atoms with Crippen molar-refractivity contribution in [2.75, 3.05) is 16.0 Å². The molecule has 0 saturated carbocycles. The molecule has 0 aliphatic rings. The Bertz CT molecular complexity index is 2080. The molecule has 274 valence electrons. The van der Waals surface area contributed by atoms with Crippen LogP contribution in [0.25, 0.3) is 22.3 Å². The van der Waals surface area contributed by atoms with E-state index in [1.165, 1.54) is 6.20 Å². The minimum atomic E-state index is -0.649. The topological polar surface area (TPSA) is 188 Å². The Balaban J connectivity index is 0.000000241. The molecule has 0 saturated heterocycles. The Morgan fingerprint density at radius 3 is 1.75 bits per heavy atom. The summed E-state index contributed by atoms with van der Waals surface area (Å²) in [7, 11) is 0. The highest BCUT2D eigenvalue weighted by Gasteiger charge is 2.21. The number of ether oxygens (including phenoxy) is 2. The fourth-order valence-electron chi connectivity index (χ4n) is 4.61. The molecule has 53 heavy (non-hydrogen) atoms. The lowest BCUT2D eigenvalue weighted by atomic mass is 10.0. The molecule has 0 bridgehead atoms. The number of nitrogens with one attached hydrogen (secondary N) is 3. The maximum absolute atomic E-state index is 12.6. The van der Waals surface area contributed by atoms with Gasteiger partial charge in [-0.2, -0.15) is 0 Å². The van der Waals surface area contributed by atoms with Gasteiger partial charge in [0.2, 0.25) is 0 Å². The average molecular weight is 783 g/mol. The predicted molar refractivity (Wildman–Crippen MR) is 207 cm³/mol. The van der Waals surface area contributed by atoms with E-state index in [0.29, 0.717) is 32.7 Å². The van der Waals surface area contributed by atoms with Gasteiger partial charge in [-0.3, -0.25) is 30.2 Å². The first-order valence-corrected chi connectivity index (χ1v) is 17.1. The van der Waals surface area contributed by atoms with Gasteiger partial charge in [0.05, 0.1) is 17.1 Å². The van der Waals surface area contributed by atoms with Crippen molar-refractivity contribution in [1.29, 1.82) is 0 Å². The highest BCUT2D eigenvalue weighted by atomic mass is 79.9. The summed E-state index contributed by atoms with van der Waals surface area (Å²) in [5.41, 5.74) is 8.83. The van der Waals surface area contributed by atoms with Gasteiger partial charge in [0.1, 0.15) is 22.6 Å². The number of primary amides is 1. The van der Waals surface area contributed by atoms with E-state index in [1.54, 1.807) is 121 Å². The first kappa shape index (κ1) is 39.6. The van der Waals surface area contributed by atoms with Crippen LogP contribution in [0.4, 0.5) is 26.7 Å². The molecule has 0 radical (unpaired) electrons. The molecule has 0 aliphatic carbocycles.